The summed E-state index contributed by atoms with van der Waals surface area (Å²) < 4.78 is 6.24. The Morgan fingerprint density at radius 1 is 1.19 bits per heavy atom. The number of carbonyl (C=O) groups is 2. The molecule has 1 fully saturated rings. The van der Waals surface area contributed by atoms with E-state index in [0.717, 1.165) is 24.0 Å². The van der Waals surface area contributed by atoms with Crippen molar-refractivity contribution >= 4 is 29.5 Å². The van der Waals surface area contributed by atoms with Crippen LogP contribution in [0.25, 0.3) is 6.08 Å². The molecule has 2 amide bonds. The van der Waals surface area contributed by atoms with E-state index in [1.54, 1.807) is 62.3 Å². The zero-order valence-electron chi connectivity index (χ0n) is 20.6. The predicted octanol–water partition coefficient (Wildman–Crippen LogP) is 3.82. The second-order valence-electron chi connectivity index (χ2n) is 8.84. The fourth-order valence-corrected chi connectivity index (χ4v) is 4.28. The summed E-state index contributed by atoms with van der Waals surface area (Å²) in [6, 6.07) is 12.6. The van der Waals surface area contributed by atoms with Gasteiger partial charge in [0.1, 0.15) is 5.75 Å². The molecule has 1 atom stereocenters. The molecule has 1 unspecified atom stereocenters. The zero-order valence-corrected chi connectivity index (χ0v) is 21.4. The molecule has 0 N–H and O–H groups in total. The number of carbonyl (C=O) groups excluding carboxylic acids is 2. The van der Waals surface area contributed by atoms with Gasteiger partial charge < -0.3 is 14.5 Å². The maximum Gasteiger partial charge on any atom is 0.257 e. The van der Waals surface area contributed by atoms with Crippen molar-refractivity contribution in [3.63, 3.8) is 0 Å². The minimum Gasteiger partial charge on any atom is -0.470 e. The van der Waals surface area contributed by atoms with Crippen LogP contribution in [0.15, 0.2) is 48.5 Å². The summed E-state index contributed by atoms with van der Waals surface area (Å²) >= 11 is 6.21. The summed E-state index contributed by atoms with van der Waals surface area (Å²) in [7, 11) is 3.40. The third-order valence-electron chi connectivity index (χ3n) is 5.89. The van der Waals surface area contributed by atoms with Gasteiger partial charge in [0.05, 0.1) is 12.1 Å². The van der Waals surface area contributed by atoms with E-state index in [-0.39, 0.29) is 11.8 Å². The number of amides is 2. The average molecular weight is 509 g/mol. The standard InChI is InChI=1S/C26H29ClN6O3/c1-18-28-30-33(29-18)17-20-16-21(27)13-11-19(20)12-14-24(34)32-15-7-6-10-25(32)36-23-9-5-4-8-22(23)26(35)31(2)3/h4-5,8-9,11-14,16,25H,6-7,10,15,17H2,1-3H3. The number of aromatic nitrogens is 4. The molecule has 0 aliphatic carbocycles. The number of benzene rings is 2. The van der Waals surface area contributed by atoms with Gasteiger partial charge in [-0.3, -0.25) is 9.59 Å². The van der Waals surface area contributed by atoms with Gasteiger partial charge in [-0.1, -0.05) is 29.8 Å². The topological polar surface area (TPSA) is 93.4 Å². The van der Waals surface area contributed by atoms with Crippen molar-refractivity contribution in [3.8, 4) is 5.75 Å². The molecular formula is C26H29ClN6O3. The van der Waals surface area contributed by atoms with Crippen LogP contribution in [-0.2, 0) is 11.3 Å². The number of hydrogen-bond donors (Lipinski definition) is 0. The summed E-state index contributed by atoms with van der Waals surface area (Å²) in [5.74, 6) is 0.744. The van der Waals surface area contributed by atoms with Crippen LogP contribution in [0.3, 0.4) is 0 Å². The van der Waals surface area contributed by atoms with Crippen LogP contribution in [0.1, 0.15) is 46.6 Å². The lowest BCUT2D eigenvalue weighted by Crippen LogP contribution is -2.46. The van der Waals surface area contributed by atoms with Crippen LogP contribution in [0, 0.1) is 6.92 Å². The van der Waals surface area contributed by atoms with E-state index in [1.165, 1.54) is 9.70 Å². The van der Waals surface area contributed by atoms with E-state index in [1.807, 2.05) is 18.2 Å². The number of rotatable bonds is 7. The Kier molecular flexibility index (Phi) is 8.00. The van der Waals surface area contributed by atoms with Crippen molar-refractivity contribution in [1.29, 1.82) is 0 Å². The fourth-order valence-electron chi connectivity index (χ4n) is 4.08. The quantitative estimate of drug-likeness (QED) is 0.450. The Morgan fingerprint density at radius 3 is 2.75 bits per heavy atom. The van der Waals surface area contributed by atoms with Gasteiger partial charge in [-0.15, -0.1) is 10.2 Å². The Labute approximate surface area is 215 Å². The van der Waals surface area contributed by atoms with Crippen molar-refractivity contribution in [1.82, 2.24) is 30.0 Å². The molecule has 0 spiro atoms. The van der Waals surface area contributed by atoms with E-state index in [2.05, 4.69) is 15.4 Å². The summed E-state index contributed by atoms with van der Waals surface area (Å²) in [6.07, 6.45) is 5.37. The number of ether oxygens (including phenoxy) is 1. The maximum atomic E-state index is 13.3. The highest BCUT2D eigenvalue weighted by molar-refractivity contribution is 6.30. The first kappa shape index (κ1) is 25.4. The van der Waals surface area contributed by atoms with E-state index in [0.29, 0.717) is 41.7 Å². The van der Waals surface area contributed by atoms with E-state index in [9.17, 15) is 9.59 Å². The van der Waals surface area contributed by atoms with Crippen LogP contribution in [0.4, 0.5) is 0 Å². The molecule has 188 valence electrons. The van der Waals surface area contributed by atoms with Gasteiger partial charge in [0, 0.05) is 38.2 Å². The summed E-state index contributed by atoms with van der Waals surface area (Å²) in [5.41, 5.74) is 2.17. The molecule has 9 nitrogen and oxygen atoms in total. The lowest BCUT2D eigenvalue weighted by molar-refractivity contribution is -0.136. The third-order valence-corrected chi connectivity index (χ3v) is 6.13. The van der Waals surface area contributed by atoms with Crippen molar-refractivity contribution in [2.45, 2.75) is 39.0 Å². The lowest BCUT2D eigenvalue weighted by Gasteiger charge is -2.35. The minimum atomic E-state index is -0.459. The van der Waals surface area contributed by atoms with Gasteiger partial charge in [-0.25, -0.2) is 0 Å². The zero-order chi connectivity index (χ0) is 25.7. The van der Waals surface area contributed by atoms with Crippen molar-refractivity contribution in [2.24, 2.45) is 0 Å². The van der Waals surface area contributed by atoms with Crippen LogP contribution in [0.5, 0.6) is 5.75 Å². The van der Waals surface area contributed by atoms with Gasteiger partial charge in [0.15, 0.2) is 12.1 Å². The largest absolute Gasteiger partial charge is 0.470 e. The smallest absolute Gasteiger partial charge is 0.257 e. The lowest BCUT2D eigenvalue weighted by atomic mass is 10.1. The van der Waals surface area contributed by atoms with Crippen LogP contribution >= 0.6 is 11.6 Å². The fraction of sp³-hybridized carbons (Fsp3) is 0.346. The maximum absolute atomic E-state index is 13.3. The first-order valence-corrected chi connectivity index (χ1v) is 12.2. The molecule has 1 aromatic heterocycles. The first-order valence-electron chi connectivity index (χ1n) is 11.8. The number of piperidine rings is 1. The van der Waals surface area contributed by atoms with Gasteiger partial charge >= 0.3 is 0 Å². The number of likely N-dealkylation sites (tertiary alicyclic amines) is 1. The van der Waals surface area contributed by atoms with E-state index in [4.69, 9.17) is 16.3 Å². The van der Waals surface area contributed by atoms with Gasteiger partial charge in [0.25, 0.3) is 5.91 Å². The van der Waals surface area contributed by atoms with Crippen molar-refractivity contribution in [3.05, 3.63) is 76.1 Å². The Balaban J connectivity index is 1.52. The number of nitrogens with zero attached hydrogens (tertiary/aromatic N) is 6. The Morgan fingerprint density at radius 2 is 2.00 bits per heavy atom. The summed E-state index contributed by atoms with van der Waals surface area (Å²) in [6.45, 7) is 2.72. The Bertz CT molecular complexity index is 1270. The normalized spacial score (nSPS) is 15.8. The molecule has 1 saturated heterocycles. The summed E-state index contributed by atoms with van der Waals surface area (Å²) in [5, 5.41) is 12.7. The molecule has 3 aromatic rings. The molecule has 0 saturated carbocycles. The second-order valence-corrected chi connectivity index (χ2v) is 9.28. The average Bonchev–Trinajstić information content (AvgIpc) is 3.28. The van der Waals surface area contributed by atoms with Crippen LogP contribution < -0.4 is 4.74 Å². The highest BCUT2D eigenvalue weighted by atomic mass is 35.5. The molecule has 0 bridgehead atoms. The molecule has 2 aromatic carbocycles. The number of aryl methyl sites for hydroxylation is 1. The molecule has 36 heavy (non-hydrogen) atoms. The monoisotopic (exact) mass is 508 g/mol. The number of halogens is 1. The molecule has 2 heterocycles. The predicted molar refractivity (Wildman–Crippen MR) is 137 cm³/mol. The van der Waals surface area contributed by atoms with E-state index >= 15 is 0 Å². The molecular weight excluding hydrogens is 480 g/mol. The molecule has 1 aliphatic rings. The molecule has 0 radical (unpaired) electrons. The van der Waals surface area contributed by atoms with Crippen LogP contribution in [0.2, 0.25) is 5.02 Å². The molecule has 4 rings (SSSR count). The van der Waals surface area contributed by atoms with Crippen molar-refractivity contribution < 1.29 is 14.3 Å². The van der Waals surface area contributed by atoms with Crippen LogP contribution in [-0.4, -0.2) is 68.7 Å². The van der Waals surface area contributed by atoms with E-state index < -0.39 is 6.23 Å². The van der Waals surface area contributed by atoms with Gasteiger partial charge in [-0.2, -0.15) is 4.80 Å². The number of tetrazole rings is 1. The highest BCUT2D eigenvalue weighted by Gasteiger charge is 2.28. The minimum absolute atomic E-state index is 0.147. The number of para-hydroxylation sites is 1. The highest BCUT2D eigenvalue weighted by Crippen LogP contribution is 2.26. The SMILES string of the molecule is Cc1nnn(Cc2cc(Cl)ccc2C=CC(=O)N2CCCCC2Oc2ccccc2C(=O)N(C)C)n1. The number of hydrogen-bond acceptors (Lipinski definition) is 6. The first-order chi connectivity index (χ1) is 17.3. The Hall–Kier alpha value is -3.72. The summed E-state index contributed by atoms with van der Waals surface area (Å²) in [4.78, 5) is 30.6. The third kappa shape index (κ3) is 6.09. The molecule has 10 heteroatoms. The van der Waals surface area contributed by atoms with Crippen molar-refractivity contribution in [2.75, 3.05) is 20.6 Å². The molecule has 1 aliphatic heterocycles. The second kappa shape index (κ2) is 11.3. The van der Waals surface area contributed by atoms with Gasteiger partial charge in [0.2, 0.25) is 5.91 Å². The van der Waals surface area contributed by atoms with Gasteiger partial charge in [-0.05, 0) is 66.4 Å².